The van der Waals surface area contributed by atoms with Gasteiger partial charge in [0.1, 0.15) is 0 Å². The number of nitrogens with zero attached hydrogens (tertiary/aromatic N) is 1. The number of rotatable bonds is 2. The lowest BCUT2D eigenvalue weighted by molar-refractivity contribution is 0.206. The van der Waals surface area contributed by atoms with Gasteiger partial charge in [-0.25, -0.2) is 4.79 Å². The monoisotopic (exact) mass is 260 g/mol. The molecule has 19 heavy (non-hydrogen) atoms. The molecule has 0 aliphatic carbocycles. The Hall–Kier alpha value is -1.51. The molecular formula is C16H24N2O. The first-order valence-corrected chi connectivity index (χ1v) is 6.97. The molecule has 3 heteroatoms. The van der Waals surface area contributed by atoms with E-state index in [1.807, 2.05) is 4.90 Å². The van der Waals surface area contributed by atoms with Crippen molar-refractivity contribution in [3.05, 3.63) is 33.9 Å². The van der Waals surface area contributed by atoms with Gasteiger partial charge >= 0.3 is 6.03 Å². The lowest BCUT2D eigenvalue weighted by Gasteiger charge is -2.22. The van der Waals surface area contributed by atoms with Gasteiger partial charge in [0.2, 0.25) is 0 Å². The highest BCUT2D eigenvalue weighted by Gasteiger charge is 2.33. The van der Waals surface area contributed by atoms with Crippen LogP contribution in [0.15, 0.2) is 6.07 Å². The Labute approximate surface area is 116 Å². The highest BCUT2D eigenvalue weighted by atomic mass is 16.2. The van der Waals surface area contributed by atoms with Gasteiger partial charge in [-0.15, -0.1) is 0 Å². The van der Waals surface area contributed by atoms with Crippen molar-refractivity contribution < 1.29 is 4.79 Å². The van der Waals surface area contributed by atoms with Crippen LogP contribution in [0.2, 0.25) is 0 Å². The van der Waals surface area contributed by atoms with Crippen LogP contribution in [0.1, 0.15) is 47.7 Å². The molecule has 1 aromatic rings. The zero-order valence-corrected chi connectivity index (χ0v) is 12.8. The Morgan fingerprint density at radius 3 is 2.11 bits per heavy atom. The number of hydrogen-bond donors (Lipinski definition) is 1. The average molecular weight is 260 g/mol. The van der Waals surface area contributed by atoms with Crippen LogP contribution in [0.3, 0.4) is 0 Å². The van der Waals surface area contributed by atoms with E-state index < -0.39 is 0 Å². The summed E-state index contributed by atoms with van der Waals surface area (Å²) in [4.78, 5) is 13.9. The minimum Gasteiger partial charge on any atom is -0.329 e. The van der Waals surface area contributed by atoms with Gasteiger partial charge in [-0.2, -0.15) is 0 Å². The Morgan fingerprint density at radius 2 is 1.68 bits per heavy atom. The molecule has 1 heterocycles. The Morgan fingerprint density at radius 1 is 1.16 bits per heavy atom. The van der Waals surface area contributed by atoms with Crippen molar-refractivity contribution >= 4 is 6.03 Å². The number of amides is 2. The molecule has 104 valence electrons. The van der Waals surface area contributed by atoms with E-state index in [1.165, 1.54) is 27.8 Å². The molecule has 2 amide bonds. The molecule has 1 aliphatic rings. The Balaban J connectivity index is 2.42. The third kappa shape index (κ3) is 2.34. The minimum absolute atomic E-state index is 0.0537. The molecule has 1 atom stereocenters. The molecule has 1 aliphatic heterocycles. The molecule has 0 spiro atoms. The van der Waals surface area contributed by atoms with E-state index in [1.54, 1.807) is 0 Å². The van der Waals surface area contributed by atoms with Crippen molar-refractivity contribution in [2.24, 2.45) is 0 Å². The third-order valence-corrected chi connectivity index (χ3v) is 4.33. The van der Waals surface area contributed by atoms with Crippen LogP contribution in [0, 0.1) is 27.7 Å². The molecule has 0 radical (unpaired) electrons. The van der Waals surface area contributed by atoms with Crippen molar-refractivity contribution in [3.63, 3.8) is 0 Å². The van der Waals surface area contributed by atoms with Crippen LogP contribution in [-0.4, -0.2) is 23.5 Å². The summed E-state index contributed by atoms with van der Waals surface area (Å²) >= 11 is 0. The van der Waals surface area contributed by atoms with Gasteiger partial charge in [-0.1, -0.05) is 6.07 Å². The molecule has 3 nitrogen and oxygen atoms in total. The number of aryl methyl sites for hydroxylation is 2. The first-order valence-electron chi connectivity index (χ1n) is 6.97. The summed E-state index contributed by atoms with van der Waals surface area (Å²) in [6.45, 7) is 13.5. The lowest BCUT2D eigenvalue weighted by Crippen LogP contribution is -2.33. The zero-order chi connectivity index (χ0) is 14.3. The van der Waals surface area contributed by atoms with Gasteiger partial charge in [0.15, 0.2) is 0 Å². The SMILES string of the molecule is Cc1cc(C)c(C)c(C2CN(C(C)C)C(=O)N2)c1C. The summed E-state index contributed by atoms with van der Waals surface area (Å²) in [6.07, 6.45) is 0. The standard InChI is InChI=1S/C16H24N2O/c1-9(2)18-8-14(17-16(18)19)15-12(5)10(3)7-11(4)13(15)6/h7,9,14H,8H2,1-6H3,(H,17,19). The maximum absolute atomic E-state index is 12.0. The summed E-state index contributed by atoms with van der Waals surface area (Å²) in [5.74, 6) is 0. The molecule has 2 rings (SSSR count). The van der Waals surface area contributed by atoms with Crippen molar-refractivity contribution in [1.82, 2.24) is 10.2 Å². The first-order chi connectivity index (χ1) is 8.82. The number of carbonyl (C=O) groups is 1. The summed E-state index contributed by atoms with van der Waals surface area (Å²) in [5.41, 5.74) is 6.51. The van der Waals surface area contributed by atoms with Crippen molar-refractivity contribution in [3.8, 4) is 0 Å². The van der Waals surface area contributed by atoms with Gasteiger partial charge in [0.25, 0.3) is 0 Å². The summed E-state index contributed by atoms with van der Waals surface area (Å²) < 4.78 is 0. The van der Waals surface area contributed by atoms with Gasteiger partial charge in [0, 0.05) is 12.6 Å². The quantitative estimate of drug-likeness (QED) is 0.868. The number of benzene rings is 1. The number of hydrogen-bond acceptors (Lipinski definition) is 1. The second kappa shape index (κ2) is 4.87. The van der Waals surface area contributed by atoms with E-state index in [-0.39, 0.29) is 18.1 Å². The van der Waals surface area contributed by atoms with E-state index in [0.29, 0.717) is 0 Å². The molecule has 1 aromatic carbocycles. The number of carbonyl (C=O) groups excluding carboxylic acids is 1. The van der Waals surface area contributed by atoms with Crippen LogP contribution >= 0.6 is 0 Å². The molecule has 1 fully saturated rings. The second-order valence-corrected chi connectivity index (χ2v) is 5.92. The summed E-state index contributed by atoms with van der Waals surface area (Å²) in [6, 6.07) is 2.65. The third-order valence-electron chi connectivity index (χ3n) is 4.33. The smallest absolute Gasteiger partial charge is 0.318 e. The second-order valence-electron chi connectivity index (χ2n) is 5.92. The van der Waals surface area contributed by atoms with Crippen molar-refractivity contribution in [2.45, 2.75) is 53.6 Å². The van der Waals surface area contributed by atoms with E-state index >= 15 is 0 Å². The molecule has 0 aromatic heterocycles. The predicted octanol–water partition coefficient (Wildman–Crippen LogP) is 3.39. The largest absolute Gasteiger partial charge is 0.329 e. The topological polar surface area (TPSA) is 32.3 Å². The number of urea groups is 1. The first kappa shape index (κ1) is 13.9. The van der Waals surface area contributed by atoms with Crippen LogP contribution < -0.4 is 5.32 Å². The highest BCUT2D eigenvalue weighted by molar-refractivity contribution is 5.78. The summed E-state index contributed by atoms with van der Waals surface area (Å²) in [5, 5.41) is 3.12. The fourth-order valence-corrected chi connectivity index (χ4v) is 2.94. The van der Waals surface area contributed by atoms with Gasteiger partial charge in [0.05, 0.1) is 6.04 Å². The minimum atomic E-state index is 0.0537. The molecule has 0 saturated carbocycles. The van der Waals surface area contributed by atoms with Crippen LogP contribution in [0.5, 0.6) is 0 Å². The van der Waals surface area contributed by atoms with E-state index in [9.17, 15) is 4.79 Å². The van der Waals surface area contributed by atoms with Crippen LogP contribution in [-0.2, 0) is 0 Å². The Bertz CT molecular complexity index is 494. The normalized spacial score (nSPS) is 19.2. The summed E-state index contributed by atoms with van der Waals surface area (Å²) in [7, 11) is 0. The van der Waals surface area contributed by atoms with Crippen molar-refractivity contribution in [1.29, 1.82) is 0 Å². The van der Waals surface area contributed by atoms with Crippen LogP contribution in [0.25, 0.3) is 0 Å². The van der Waals surface area contributed by atoms with Crippen molar-refractivity contribution in [2.75, 3.05) is 6.54 Å². The molecular weight excluding hydrogens is 236 g/mol. The molecule has 0 bridgehead atoms. The maximum atomic E-state index is 12.0. The maximum Gasteiger partial charge on any atom is 0.318 e. The van der Waals surface area contributed by atoms with Gasteiger partial charge in [-0.05, 0) is 69.4 Å². The average Bonchev–Trinajstić information content (AvgIpc) is 2.69. The Kier molecular flexibility index (Phi) is 3.57. The highest BCUT2D eigenvalue weighted by Crippen LogP contribution is 2.30. The predicted molar refractivity (Wildman–Crippen MR) is 78.5 cm³/mol. The van der Waals surface area contributed by atoms with Gasteiger partial charge < -0.3 is 10.2 Å². The zero-order valence-electron chi connectivity index (χ0n) is 12.8. The molecule has 1 N–H and O–H groups in total. The van der Waals surface area contributed by atoms with E-state index in [4.69, 9.17) is 0 Å². The lowest BCUT2D eigenvalue weighted by atomic mass is 9.90. The van der Waals surface area contributed by atoms with E-state index in [2.05, 4.69) is 52.9 Å². The molecule has 1 saturated heterocycles. The van der Waals surface area contributed by atoms with E-state index in [0.717, 1.165) is 6.54 Å². The molecule has 1 unspecified atom stereocenters. The van der Waals surface area contributed by atoms with Crippen LogP contribution in [0.4, 0.5) is 4.79 Å². The fourth-order valence-electron chi connectivity index (χ4n) is 2.94. The number of nitrogens with one attached hydrogen (secondary N) is 1. The van der Waals surface area contributed by atoms with Gasteiger partial charge in [-0.3, -0.25) is 0 Å². The fraction of sp³-hybridized carbons (Fsp3) is 0.562.